The average molecular weight is 236 g/mol. The Bertz CT molecular complexity index is 786. The van der Waals surface area contributed by atoms with Gasteiger partial charge in [-0.1, -0.05) is 12.1 Å². The van der Waals surface area contributed by atoms with E-state index in [-0.39, 0.29) is 5.78 Å². The van der Waals surface area contributed by atoms with Crippen molar-refractivity contribution < 1.29 is 4.79 Å². The fourth-order valence-corrected chi connectivity index (χ4v) is 2.94. The van der Waals surface area contributed by atoms with Crippen molar-refractivity contribution >= 4 is 27.5 Å². The van der Waals surface area contributed by atoms with E-state index < -0.39 is 0 Å². The van der Waals surface area contributed by atoms with Gasteiger partial charge in [-0.3, -0.25) is 9.78 Å². The van der Waals surface area contributed by atoms with Crippen molar-refractivity contribution in [1.29, 1.82) is 0 Å². The van der Waals surface area contributed by atoms with Gasteiger partial charge in [0.15, 0.2) is 5.78 Å². The molecule has 4 rings (SSSR count). The molecule has 0 radical (unpaired) electrons. The second-order valence-electron chi connectivity index (χ2n) is 4.84. The van der Waals surface area contributed by atoms with E-state index in [4.69, 9.17) is 0 Å². The van der Waals surface area contributed by atoms with E-state index in [1.807, 2.05) is 24.4 Å². The standard InChI is InChI=1S/C15H12N2O/c18-13-3-1-2-12-14(13)11-5-4-9-8-16-7-6-10(9)15(11)17-12/h4-8,17H,1-3H2. The van der Waals surface area contributed by atoms with E-state index in [2.05, 4.69) is 9.97 Å². The van der Waals surface area contributed by atoms with E-state index >= 15 is 0 Å². The lowest BCUT2D eigenvalue weighted by molar-refractivity contribution is 0.0974. The summed E-state index contributed by atoms with van der Waals surface area (Å²) in [6.07, 6.45) is 6.26. The Morgan fingerprint density at radius 1 is 1.11 bits per heavy atom. The molecule has 1 aliphatic carbocycles. The molecule has 0 saturated heterocycles. The predicted molar refractivity (Wildman–Crippen MR) is 70.9 cm³/mol. The van der Waals surface area contributed by atoms with E-state index in [9.17, 15) is 4.79 Å². The van der Waals surface area contributed by atoms with E-state index in [0.717, 1.165) is 45.8 Å². The van der Waals surface area contributed by atoms with Gasteiger partial charge < -0.3 is 4.98 Å². The van der Waals surface area contributed by atoms with Crippen LogP contribution >= 0.6 is 0 Å². The van der Waals surface area contributed by atoms with Crippen LogP contribution in [-0.4, -0.2) is 15.8 Å². The highest BCUT2D eigenvalue weighted by molar-refractivity contribution is 6.16. The Morgan fingerprint density at radius 2 is 2.06 bits per heavy atom. The number of aromatic amines is 1. The van der Waals surface area contributed by atoms with Gasteiger partial charge in [0.25, 0.3) is 0 Å². The highest BCUT2D eigenvalue weighted by Crippen LogP contribution is 2.32. The molecule has 0 fully saturated rings. The summed E-state index contributed by atoms with van der Waals surface area (Å²) in [5, 5.41) is 3.31. The first-order chi connectivity index (χ1) is 8.84. The average Bonchev–Trinajstić information content (AvgIpc) is 2.79. The van der Waals surface area contributed by atoms with Gasteiger partial charge in [0.2, 0.25) is 0 Å². The van der Waals surface area contributed by atoms with Gasteiger partial charge in [-0.2, -0.15) is 0 Å². The lowest BCUT2D eigenvalue weighted by atomic mass is 9.94. The van der Waals surface area contributed by atoms with Crippen molar-refractivity contribution in [3.05, 3.63) is 41.9 Å². The maximum absolute atomic E-state index is 12.1. The normalized spacial score (nSPS) is 15.2. The summed E-state index contributed by atoms with van der Waals surface area (Å²) < 4.78 is 0. The number of nitrogens with zero attached hydrogens (tertiary/aromatic N) is 1. The van der Waals surface area contributed by atoms with Crippen molar-refractivity contribution in [1.82, 2.24) is 9.97 Å². The smallest absolute Gasteiger partial charge is 0.165 e. The van der Waals surface area contributed by atoms with E-state index in [1.165, 1.54) is 0 Å². The minimum atomic E-state index is 0.274. The molecule has 3 nitrogen and oxygen atoms in total. The van der Waals surface area contributed by atoms with Crippen LogP contribution in [0.2, 0.25) is 0 Å². The molecule has 0 atom stereocenters. The molecule has 0 amide bonds. The zero-order valence-electron chi connectivity index (χ0n) is 9.86. The third-order valence-corrected chi connectivity index (χ3v) is 3.78. The predicted octanol–water partition coefficient (Wildman–Crippen LogP) is 3.24. The van der Waals surface area contributed by atoms with Gasteiger partial charge in [-0.15, -0.1) is 0 Å². The molecule has 1 N–H and O–H groups in total. The number of nitrogens with one attached hydrogen (secondary N) is 1. The van der Waals surface area contributed by atoms with Gasteiger partial charge >= 0.3 is 0 Å². The molecular weight excluding hydrogens is 224 g/mol. The highest BCUT2D eigenvalue weighted by atomic mass is 16.1. The Labute approximate surface area is 104 Å². The van der Waals surface area contributed by atoms with Crippen molar-refractivity contribution in [3.8, 4) is 0 Å². The lowest BCUT2D eigenvalue weighted by Gasteiger charge is -2.09. The van der Waals surface area contributed by atoms with Gasteiger partial charge in [0, 0.05) is 46.2 Å². The monoisotopic (exact) mass is 236 g/mol. The van der Waals surface area contributed by atoms with Crippen molar-refractivity contribution in [2.24, 2.45) is 0 Å². The Morgan fingerprint density at radius 3 is 3.00 bits per heavy atom. The molecule has 2 heterocycles. The molecular formula is C15H12N2O. The van der Waals surface area contributed by atoms with E-state index in [0.29, 0.717) is 6.42 Å². The molecule has 0 bridgehead atoms. The SMILES string of the molecule is O=C1CCCc2[nH]c3c(ccc4cnccc43)c21. The van der Waals surface area contributed by atoms with Crippen LogP contribution in [-0.2, 0) is 6.42 Å². The second kappa shape index (κ2) is 3.42. The van der Waals surface area contributed by atoms with Crippen LogP contribution in [0.1, 0.15) is 28.9 Å². The van der Waals surface area contributed by atoms with Gasteiger partial charge in [-0.25, -0.2) is 0 Å². The van der Waals surface area contributed by atoms with E-state index in [1.54, 1.807) is 6.20 Å². The van der Waals surface area contributed by atoms with Crippen LogP contribution in [0.3, 0.4) is 0 Å². The molecule has 3 heteroatoms. The summed E-state index contributed by atoms with van der Waals surface area (Å²) in [5.74, 6) is 0.274. The zero-order chi connectivity index (χ0) is 12.1. The molecule has 0 saturated carbocycles. The number of benzene rings is 1. The number of Topliss-reactive ketones (excluding diaryl/α,β-unsaturated/α-hetero) is 1. The minimum absolute atomic E-state index is 0.274. The van der Waals surface area contributed by atoms with Gasteiger partial charge in [0.05, 0.1) is 5.52 Å². The number of aromatic nitrogens is 2. The molecule has 88 valence electrons. The largest absolute Gasteiger partial charge is 0.357 e. The first-order valence-corrected chi connectivity index (χ1v) is 6.25. The molecule has 18 heavy (non-hydrogen) atoms. The number of ketones is 1. The van der Waals surface area contributed by atoms with Crippen molar-refractivity contribution in [3.63, 3.8) is 0 Å². The van der Waals surface area contributed by atoms with Crippen LogP contribution in [0.25, 0.3) is 21.7 Å². The first kappa shape index (κ1) is 9.83. The number of hydrogen-bond donors (Lipinski definition) is 1. The molecule has 0 unspecified atom stereocenters. The van der Waals surface area contributed by atoms with Crippen molar-refractivity contribution in [2.75, 3.05) is 0 Å². The molecule has 1 aromatic carbocycles. The molecule has 3 aromatic rings. The Balaban J connectivity index is 2.19. The van der Waals surface area contributed by atoms with Crippen LogP contribution in [0.15, 0.2) is 30.6 Å². The van der Waals surface area contributed by atoms with Crippen LogP contribution in [0.4, 0.5) is 0 Å². The Hall–Kier alpha value is -2.16. The Kier molecular flexibility index (Phi) is 1.87. The number of H-pyrrole nitrogens is 1. The fraction of sp³-hybridized carbons (Fsp3) is 0.200. The third kappa shape index (κ3) is 1.19. The summed E-state index contributed by atoms with van der Waals surface area (Å²) in [7, 11) is 0. The minimum Gasteiger partial charge on any atom is -0.357 e. The highest BCUT2D eigenvalue weighted by Gasteiger charge is 2.22. The number of carbonyl (C=O) groups excluding carboxylic acids is 1. The number of carbonyl (C=O) groups is 1. The number of pyridine rings is 1. The van der Waals surface area contributed by atoms with Crippen LogP contribution < -0.4 is 0 Å². The molecule has 2 aromatic heterocycles. The summed E-state index contributed by atoms with van der Waals surface area (Å²) in [4.78, 5) is 19.6. The third-order valence-electron chi connectivity index (χ3n) is 3.78. The molecule has 0 spiro atoms. The quantitative estimate of drug-likeness (QED) is 0.651. The summed E-state index contributed by atoms with van der Waals surface area (Å²) >= 11 is 0. The lowest BCUT2D eigenvalue weighted by Crippen LogP contribution is -2.08. The summed E-state index contributed by atoms with van der Waals surface area (Å²) in [6.45, 7) is 0. The number of aryl methyl sites for hydroxylation is 1. The summed E-state index contributed by atoms with van der Waals surface area (Å²) in [5.41, 5.74) is 3.09. The zero-order valence-corrected chi connectivity index (χ0v) is 9.86. The maximum atomic E-state index is 12.1. The van der Waals surface area contributed by atoms with Gasteiger partial charge in [0.1, 0.15) is 0 Å². The van der Waals surface area contributed by atoms with Gasteiger partial charge in [-0.05, 0) is 18.9 Å². The topological polar surface area (TPSA) is 45.8 Å². The van der Waals surface area contributed by atoms with Crippen LogP contribution in [0.5, 0.6) is 0 Å². The molecule has 1 aliphatic rings. The van der Waals surface area contributed by atoms with Crippen molar-refractivity contribution in [2.45, 2.75) is 19.3 Å². The number of rotatable bonds is 0. The number of fused-ring (bicyclic) bond motifs is 5. The first-order valence-electron chi connectivity index (χ1n) is 6.25. The fourth-order valence-electron chi connectivity index (χ4n) is 2.94. The molecule has 0 aliphatic heterocycles. The second-order valence-corrected chi connectivity index (χ2v) is 4.84. The maximum Gasteiger partial charge on any atom is 0.165 e. The van der Waals surface area contributed by atoms with Crippen LogP contribution in [0, 0.1) is 0 Å². The number of hydrogen-bond acceptors (Lipinski definition) is 2. The summed E-state index contributed by atoms with van der Waals surface area (Å²) in [6, 6.07) is 6.09.